The van der Waals surface area contributed by atoms with Crippen LogP contribution >= 0.6 is 0 Å². The Morgan fingerprint density at radius 3 is 2.31 bits per heavy atom. The van der Waals surface area contributed by atoms with Gasteiger partial charge in [0.15, 0.2) is 5.58 Å². The van der Waals surface area contributed by atoms with Crippen molar-refractivity contribution in [3.05, 3.63) is 48.7 Å². The average molecular weight is 345 g/mol. The highest BCUT2D eigenvalue weighted by Gasteiger charge is 2.52. The van der Waals surface area contributed by atoms with Gasteiger partial charge in [-0.3, -0.25) is 4.98 Å². The van der Waals surface area contributed by atoms with Gasteiger partial charge in [0.25, 0.3) is 0 Å². The van der Waals surface area contributed by atoms with Crippen molar-refractivity contribution >= 4 is 45.4 Å². The summed E-state index contributed by atoms with van der Waals surface area (Å²) < 4.78 is 18.8. The Hall–Kier alpha value is -2.37. The summed E-state index contributed by atoms with van der Waals surface area (Å²) in [6.45, 7) is 8.27. The van der Waals surface area contributed by atoms with E-state index in [4.69, 9.17) is 13.7 Å². The molecule has 5 heteroatoms. The molecule has 0 spiro atoms. The van der Waals surface area contributed by atoms with Crippen LogP contribution < -0.4 is 5.46 Å². The maximum atomic E-state index is 6.32. The topological polar surface area (TPSA) is 44.5 Å². The van der Waals surface area contributed by atoms with Crippen LogP contribution in [-0.4, -0.2) is 23.3 Å². The fourth-order valence-electron chi connectivity index (χ4n) is 3.60. The Balaban J connectivity index is 1.83. The lowest BCUT2D eigenvalue weighted by molar-refractivity contribution is 0.00578. The van der Waals surface area contributed by atoms with Gasteiger partial charge in [-0.1, -0.05) is 24.3 Å². The van der Waals surface area contributed by atoms with Gasteiger partial charge in [0.2, 0.25) is 0 Å². The summed E-state index contributed by atoms with van der Waals surface area (Å²) in [5.74, 6) is 0. The quantitative estimate of drug-likeness (QED) is 0.479. The molecule has 0 aliphatic carbocycles. The molecule has 5 rings (SSSR count). The largest absolute Gasteiger partial charge is 0.495 e. The molecule has 0 N–H and O–H groups in total. The number of hydrogen-bond donors (Lipinski definition) is 0. The summed E-state index contributed by atoms with van der Waals surface area (Å²) in [5, 5.41) is 3.11. The Bertz CT molecular complexity index is 1150. The molecule has 1 aliphatic heterocycles. The van der Waals surface area contributed by atoms with Crippen molar-refractivity contribution in [1.82, 2.24) is 4.98 Å². The van der Waals surface area contributed by atoms with E-state index in [0.29, 0.717) is 0 Å². The third-order valence-electron chi connectivity index (χ3n) is 5.77. The molecule has 130 valence electrons. The highest BCUT2D eigenvalue weighted by atomic mass is 16.7. The van der Waals surface area contributed by atoms with E-state index in [2.05, 4.69) is 50.9 Å². The first-order valence-corrected chi connectivity index (χ1v) is 8.92. The van der Waals surface area contributed by atoms with E-state index in [9.17, 15) is 0 Å². The number of hydrogen-bond acceptors (Lipinski definition) is 4. The molecule has 2 aromatic heterocycles. The molecule has 0 bridgehead atoms. The van der Waals surface area contributed by atoms with E-state index in [-0.39, 0.29) is 11.2 Å². The van der Waals surface area contributed by atoms with Crippen LogP contribution in [0.5, 0.6) is 0 Å². The average Bonchev–Trinajstić information content (AvgIpc) is 3.08. The molecule has 0 atom stereocenters. The molecule has 1 saturated heterocycles. The first-order chi connectivity index (χ1) is 12.4. The van der Waals surface area contributed by atoms with Gasteiger partial charge < -0.3 is 13.7 Å². The number of furan rings is 1. The highest BCUT2D eigenvalue weighted by molar-refractivity contribution is 6.65. The molecule has 2 aromatic carbocycles. The zero-order chi connectivity index (χ0) is 18.1. The number of pyridine rings is 1. The van der Waals surface area contributed by atoms with Gasteiger partial charge in [-0.15, -0.1) is 0 Å². The van der Waals surface area contributed by atoms with Gasteiger partial charge >= 0.3 is 7.12 Å². The third-order valence-corrected chi connectivity index (χ3v) is 5.77. The van der Waals surface area contributed by atoms with Gasteiger partial charge in [-0.05, 0) is 51.4 Å². The first kappa shape index (κ1) is 15.9. The van der Waals surface area contributed by atoms with Gasteiger partial charge in [0.05, 0.1) is 11.2 Å². The van der Waals surface area contributed by atoms with E-state index in [1.54, 1.807) is 6.20 Å². The molecular formula is C21H20BNO3. The predicted molar refractivity (Wildman–Crippen MR) is 105 cm³/mol. The predicted octanol–water partition coefficient (Wildman–Crippen LogP) is 4.43. The second-order valence-corrected chi connectivity index (χ2v) is 7.93. The smallest absolute Gasteiger partial charge is 0.454 e. The minimum Gasteiger partial charge on any atom is -0.454 e. The normalized spacial score (nSPS) is 19.0. The first-order valence-electron chi connectivity index (χ1n) is 8.92. The summed E-state index contributed by atoms with van der Waals surface area (Å²) in [6.07, 6.45) is 1.79. The number of rotatable bonds is 1. The number of para-hydroxylation sites is 1. The van der Waals surface area contributed by atoms with E-state index in [1.165, 1.54) is 0 Å². The summed E-state index contributed by atoms with van der Waals surface area (Å²) >= 11 is 0. The van der Waals surface area contributed by atoms with Crippen LogP contribution in [0.3, 0.4) is 0 Å². The van der Waals surface area contributed by atoms with Crippen LogP contribution in [0.2, 0.25) is 0 Å². The Morgan fingerprint density at radius 2 is 1.54 bits per heavy atom. The number of fused-ring (bicyclic) bond motifs is 5. The maximum absolute atomic E-state index is 6.32. The summed E-state index contributed by atoms with van der Waals surface area (Å²) in [4.78, 5) is 4.60. The van der Waals surface area contributed by atoms with Crippen molar-refractivity contribution in [2.24, 2.45) is 0 Å². The molecule has 1 fully saturated rings. The summed E-state index contributed by atoms with van der Waals surface area (Å²) in [7, 11) is -0.440. The Kier molecular flexibility index (Phi) is 3.10. The molecule has 0 unspecified atom stereocenters. The number of nitrogens with zero attached hydrogens (tertiary/aromatic N) is 1. The Labute approximate surface area is 152 Å². The lowest BCUT2D eigenvalue weighted by Crippen LogP contribution is -2.41. The minimum absolute atomic E-state index is 0.389. The maximum Gasteiger partial charge on any atom is 0.495 e. The van der Waals surface area contributed by atoms with Gasteiger partial charge in [0.1, 0.15) is 11.1 Å². The number of aromatic nitrogens is 1. The van der Waals surface area contributed by atoms with Crippen molar-refractivity contribution in [2.75, 3.05) is 0 Å². The van der Waals surface area contributed by atoms with Crippen LogP contribution in [0.4, 0.5) is 0 Å². The van der Waals surface area contributed by atoms with E-state index in [1.807, 2.05) is 24.3 Å². The minimum atomic E-state index is -0.440. The van der Waals surface area contributed by atoms with Crippen LogP contribution in [0.15, 0.2) is 53.1 Å². The van der Waals surface area contributed by atoms with Crippen molar-refractivity contribution in [1.29, 1.82) is 0 Å². The molecular weight excluding hydrogens is 325 g/mol. The molecule has 0 saturated carbocycles. The van der Waals surface area contributed by atoms with Crippen molar-refractivity contribution in [3.63, 3.8) is 0 Å². The van der Waals surface area contributed by atoms with E-state index >= 15 is 0 Å². The van der Waals surface area contributed by atoms with E-state index in [0.717, 1.165) is 38.3 Å². The molecule has 0 radical (unpaired) electrons. The highest BCUT2D eigenvalue weighted by Crippen LogP contribution is 2.38. The van der Waals surface area contributed by atoms with Crippen LogP contribution in [0, 0.1) is 0 Å². The summed E-state index contributed by atoms with van der Waals surface area (Å²) in [5.41, 5.74) is 2.72. The molecule has 26 heavy (non-hydrogen) atoms. The zero-order valence-corrected chi connectivity index (χ0v) is 15.4. The van der Waals surface area contributed by atoms with Crippen LogP contribution in [-0.2, 0) is 9.31 Å². The standard InChI is InChI=1S/C21H20BNO3/c1-20(2)21(3,4)26-22(25-20)16-12-15-13-8-5-6-10-17(13)24-19(15)18-14(16)9-7-11-23-18/h5-12H,1-4H3. The molecule has 0 amide bonds. The Morgan fingerprint density at radius 1 is 0.846 bits per heavy atom. The van der Waals surface area contributed by atoms with Gasteiger partial charge in [-0.25, -0.2) is 0 Å². The van der Waals surface area contributed by atoms with Crippen molar-refractivity contribution in [3.8, 4) is 0 Å². The number of benzene rings is 2. The van der Waals surface area contributed by atoms with Gasteiger partial charge in [0, 0.05) is 22.4 Å². The van der Waals surface area contributed by atoms with Gasteiger partial charge in [-0.2, -0.15) is 0 Å². The van der Waals surface area contributed by atoms with Crippen molar-refractivity contribution in [2.45, 2.75) is 38.9 Å². The van der Waals surface area contributed by atoms with Crippen LogP contribution in [0.25, 0.3) is 32.8 Å². The molecule has 4 nitrogen and oxygen atoms in total. The SMILES string of the molecule is CC1(C)OB(c2cc3c4ccccc4oc3c3ncccc23)OC1(C)C. The third kappa shape index (κ3) is 2.07. The molecule has 4 aromatic rings. The zero-order valence-electron chi connectivity index (χ0n) is 15.4. The monoisotopic (exact) mass is 345 g/mol. The fourth-order valence-corrected chi connectivity index (χ4v) is 3.60. The van der Waals surface area contributed by atoms with Crippen LogP contribution in [0.1, 0.15) is 27.7 Å². The molecule has 1 aliphatic rings. The fraction of sp³-hybridized carbons (Fsp3) is 0.286. The summed E-state index contributed by atoms with van der Waals surface area (Å²) in [6, 6.07) is 14.2. The second kappa shape index (κ2) is 5.09. The lowest BCUT2D eigenvalue weighted by atomic mass is 9.76. The van der Waals surface area contributed by atoms with E-state index < -0.39 is 7.12 Å². The van der Waals surface area contributed by atoms with Crippen molar-refractivity contribution < 1.29 is 13.7 Å². The second-order valence-electron chi connectivity index (χ2n) is 7.93. The molecule has 3 heterocycles. The lowest BCUT2D eigenvalue weighted by Gasteiger charge is -2.32.